The second-order valence-corrected chi connectivity index (χ2v) is 5.05. The van der Waals surface area contributed by atoms with Crippen molar-refractivity contribution in [3.63, 3.8) is 0 Å². The first-order valence-corrected chi connectivity index (χ1v) is 6.93. The molecule has 2 N–H and O–H groups in total. The van der Waals surface area contributed by atoms with E-state index in [0.717, 1.165) is 5.56 Å². The number of fused-ring (bicyclic) bond motifs is 1. The Labute approximate surface area is 134 Å². The topological polar surface area (TPSA) is 70.1 Å². The molecule has 0 saturated heterocycles. The normalized spacial score (nSPS) is 11.2. The Hall–Kier alpha value is -3.03. The van der Waals surface area contributed by atoms with Crippen molar-refractivity contribution in [1.82, 2.24) is 9.78 Å². The van der Waals surface area contributed by atoms with Crippen molar-refractivity contribution >= 4 is 16.8 Å². The zero-order valence-corrected chi connectivity index (χ0v) is 12.2. The van der Waals surface area contributed by atoms with Gasteiger partial charge in [0.2, 0.25) is 0 Å². The number of carbonyl (C=O) groups is 1. The molecule has 0 spiro atoms. The molecule has 1 heterocycles. The highest BCUT2D eigenvalue weighted by molar-refractivity contribution is 6.04. The summed E-state index contributed by atoms with van der Waals surface area (Å²) in [7, 11) is 0. The van der Waals surface area contributed by atoms with Crippen LogP contribution >= 0.6 is 0 Å². The lowest BCUT2D eigenvalue weighted by Crippen LogP contribution is -2.13. The highest BCUT2D eigenvalue weighted by Crippen LogP contribution is 2.22. The van der Waals surface area contributed by atoms with Crippen LogP contribution in [0, 0.1) is 5.82 Å². The molecule has 5 nitrogen and oxygen atoms in total. The molecule has 24 heavy (non-hydrogen) atoms. The average molecular weight is 335 g/mol. The fraction of sp³-hybridized carbons (Fsp3) is 0.125. The standard InChI is InChI=1S/C16H12F3N3O2/c17-10-3-6-13-12(7-10)14(15(20)23)21-22(13)8-9-1-4-11(5-2-9)24-16(18)19/h1-7,16H,8H2,(H2,20,23). The van der Waals surface area contributed by atoms with E-state index >= 15 is 0 Å². The van der Waals surface area contributed by atoms with Crippen molar-refractivity contribution in [3.05, 3.63) is 59.5 Å². The van der Waals surface area contributed by atoms with Crippen molar-refractivity contribution in [2.75, 3.05) is 0 Å². The number of rotatable bonds is 5. The molecule has 0 aliphatic rings. The molecule has 3 rings (SSSR count). The second-order valence-electron chi connectivity index (χ2n) is 5.05. The molecule has 0 aliphatic carbocycles. The summed E-state index contributed by atoms with van der Waals surface area (Å²) in [6.07, 6.45) is 0. The summed E-state index contributed by atoms with van der Waals surface area (Å²) in [5, 5.41) is 4.44. The lowest BCUT2D eigenvalue weighted by Gasteiger charge is -2.07. The largest absolute Gasteiger partial charge is 0.435 e. The number of aromatic nitrogens is 2. The molecule has 8 heteroatoms. The zero-order chi connectivity index (χ0) is 17.3. The number of primary amides is 1. The summed E-state index contributed by atoms with van der Waals surface area (Å²) in [5.41, 5.74) is 6.53. The van der Waals surface area contributed by atoms with Gasteiger partial charge in [0.15, 0.2) is 5.69 Å². The zero-order valence-electron chi connectivity index (χ0n) is 12.2. The number of hydrogen-bond acceptors (Lipinski definition) is 3. The van der Waals surface area contributed by atoms with Gasteiger partial charge in [-0.15, -0.1) is 0 Å². The number of amides is 1. The molecule has 0 fully saturated rings. The number of nitrogens with two attached hydrogens (primary N) is 1. The van der Waals surface area contributed by atoms with Gasteiger partial charge in [0, 0.05) is 5.39 Å². The Morgan fingerprint density at radius 3 is 2.54 bits per heavy atom. The van der Waals surface area contributed by atoms with Crippen LogP contribution in [0.1, 0.15) is 16.1 Å². The quantitative estimate of drug-likeness (QED) is 0.779. The maximum Gasteiger partial charge on any atom is 0.387 e. The number of halogens is 3. The summed E-state index contributed by atoms with van der Waals surface area (Å²) >= 11 is 0. The van der Waals surface area contributed by atoms with E-state index in [9.17, 15) is 18.0 Å². The Balaban J connectivity index is 1.94. The molecule has 1 aromatic heterocycles. The van der Waals surface area contributed by atoms with Crippen LogP contribution in [0.25, 0.3) is 10.9 Å². The Kier molecular flexibility index (Phi) is 4.11. The van der Waals surface area contributed by atoms with E-state index in [1.165, 1.54) is 35.0 Å². The third-order valence-corrected chi connectivity index (χ3v) is 3.43. The number of alkyl halides is 2. The molecule has 0 unspecified atom stereocenters. The minimum absolute atomic E-state index is 0.0258. The van der Waals surface area contributed by atoms with Gasteiger partial charge in [-0.1, -0.05) is 12.1 Å². The van der Waals surface area contributed by atoms with E-state index in [1.807, 2.05) is 0 Å². The van der Waals surface area contributed by atoms with Crippen molar-refractivity contribution in [3.8, 4) is 5.75 Å². The molecule has 0 radical (unpaired) electrons. The van der Waals surface area contributed by atoms with E-state index < -0.39 is 18.3 Å². The summed E-state index contributed by atoms with van der Waals surface area (Å²) in [6, 6.07) is 9.95. The number of nitrogens with zero attached hydrogens (tertiary/aromatic N) is 2. The number of hydrogen-bond donors (Lipinski definition) is 1. The molecule has 0 saturated carbocycles. The van der Waals surface area contributed by atoms with Gasteiger partial charge >= 0.3 is 6.61 Å². The van der Waals surface area contributed by atoms with Crippen molar-refractivity contribution < 1.29 is 22.7 Å². The van der Waals surface area contributed by atoms with E-state index in [1.54, 1.807) is 12.1 Å². The third kappa shape index (κ3) is 3.17. The number of benzene rings is 2. The first kappa shape index (κ1) is 15.9. The predicted octanol–water partition coefficient (Wildman–Crippen LogP) is 2.92. The van der Waals surface area contributed by atoms with Crippen LogP contribution in [-0.2, 0) is 6.54 Å². The van der Waals surface area contributed by atoms with Gasteiger partial charge in [-0.25, -0.2) is 4.39 Å². The van der Waals surface area contributed by atoms with Gasteiger partial charge in [-0.2, -0.15) is 13.9 Å². The van der Waals surface area contributed by atoms with Crippen molar-refractivity contribution in [2.45, 2.75) is 13.2 Å². The van der Waals surface area contributed by atoms with Gasteiger partial charge in [0.1, 0.15) is 11.6 Å². The molecule has 0 aliphatic heterocycles. The average Bonchev–Trinajstić information content (AvgIpc) is 2.87. The first-order valence-electron chi connectivity index (χ1n) is 6.93. The summed E-state index contributed by atoms with van der Waals surface area (Å²) in [6.45, 7) is -2.64. The minimum Gasteiger partial charge on any atom is -0.435 e. The molecule has 124 valence electrons. The summed E-state index contributed by atoms with van der Waals surface area (Å²) < 4.78 is 43.5. The number of ether oxygens (including phenoxy) is 1. The predicted molar refractivity (Wildman–Crippen MR) is 80.4 cm³/mol. The van der Waals surface area contributed by atoms with Gasteiger partial charge < -0.3 is 10.5 Å². The molecule has 2 aromatic carbocycles. The fourth-order valence-electron chi connectivity index (χ4n) is 2.40. The van der Waals surface area contributed by atoms with Crippen LogP contribution in [0.4, 0.5) is 13.2 Å². The second kappa shape index (κ2) is 6.23. The minimum atomic E-state index is -2.89. The number of carbonyl (C=O) groups excluding carboxylic acids is 1. The molecular formula is C16H12F3N3O2. The summed E-state index contributed by atoms with van der Waals surface area (Å²) in [5.74, 6) is -1.22. The smallest absolute Gasteiger partial charge is 0.387 e. The Morgan fingerprint density at radius 1 is 1.21 bits per heavy atom. The van der Waals surface area contributed by atoms with Crippen LogP contribution in [0.5, 0.6) is 5.75 Å². The van der Waals surface area contributed by atoms with E-state index in [0.29, 0.717) is 10.9 Å². The van der Waals surface area contributed by atoms with Crippen molar-refractivity contribution in [2.24, 2.45) is 5.73 Å². The van der Waals surface area contributed by atoms with Crippen LogP contribution < -0.4 is 10.5 Å². The fourth-order valence-corrected chi connectivity index (χ4v) is 2.40. The first-order chi connectivity index (χ1) is 11.4. The molecule has 0 bridgehead atoms. The van der Waals surface area contributed by atoms with E-state index in [4.69, 9.17) is 5.73 Å². The van der Waals surface area contributed by atoms with Gasteiger partial charge in [-0.3, -0.25) is 9.48 Å². The maximum atomic E-state index is 13.4. The Morgan fingerprint density at radius 2 is 1.92 bits per heavy atom. The third-order valence-electron chi connectivity index (χ3n) is 3.43. The van der Waals surface area contributed by atoms with Crippen LogP contribution in [0.3, 0.4) is 0 Å². The Bertz CT molecular complexity index is 891. The molecule has 1 amide bonds. The van der Waals surface area contributed by atoms with Crippen LogP contribution in [0.15, 0.2) is 42.5 Å². The highest BCUT2D eigenvalue weighted by atomic mass is 19.3. The SMILES string of the molecule is NC(=O)c1nn(Cc2ccc(OC(F)F)cc2)c2ccc(F)cc12. The maximum absolute atomic E-state index is 13.4. The van der Waals surface area contributed by atoms with Crippen LogP contribution in [-0.4, -0.2) is 22.3 Å². The van der Waals surface area contributed by atoms with Gasteiger partial charge in [0.25, 0.3) is 5.91 Å². The highest BCUT2D eigenvalue weighted by Gasteiger charge is 2.15. The summed E-state index contributed by atoms with van der Waals surface area (Å²) in [4.78, 5) is 11.5. The van der Waals surface area contributed by atoms with Gasteiger partial charge in [-0.05, 0) is 35.9 Å². The van der Waals surface area contributed by atoms with Gasteiger partial charge in [0.05, 0.1) is 12.1 Å². The van der Waals surface area contributed by atoms with Crippen molar-refractivity contribution in [1.29, 1.82) is 0 Å². The van der Waals surface area contributed by atoms with E-state index in [2.05, 4.69) is 9.84 Å². The molecule has 0 atom stereocenters. The monoisotopic (exact) mass is 335 g/mol. The lowest BCUT2D eigenvalue weighted by molar-refractivity contribution is -0.0498. The lowest BCUT2D eigenvalue weighted by atomic mass is 10.2. The molecule has 3 aromatic rings. The molecular weight excluding hydrogens is 323 g/mol. The van der Waals surface area contributed by atoms with E-state index in [-0.39, 0.29) is 18.0 Å². The van der Waals surface area contributed by atoms with Crippen LogP contribution in [0.2, 0.25) is 0 Å².